The molecule has 22 heavy (non-hydrogen) atoms. The van der Waals surface area contributed by atoms with Crippen molar-refractivity contribution in [2.45, 2.75) is 27.2 Å². The molecule has 1 N–H and O–H groups in total. The fraction of sp³-hybridized carbons (Fsp3) is 0.278. The second kappa shape index (κ2) is 10.6. The van der Waals surface area contributed by atoms with Crippen LogP contribution in [0.3, 0.4) is 0 Å². The SMILES string of the molecule is CC.CCc1cccc(-c2cc(F)c(C=O)c(F)c2)c1.CO. The topological polar surface area (TPSA) is 37.3 Å². The average Bonchev–Trinajstić information content (AvgIpc) is 2.58. The second-order valence-electron chi connectivity index (χ2n) is 4.03. The van der Waals surface area contributed by atoms with Gasteiger partial charge in [0.1, 0.15) is 11.6 Å². The number of benzene rings is 2. The summed E-state index contributed by atoms with van der Waals surface area (Å²) in [5.74, 6) is -1.66. The third kappa shape index (κ3) is 5.04. The Morgan fingerprint density at radius 1 is 1.00 bits per heavy atom. The molecule has 0 aliphatic heterocycles. The molecule has 0 atom stereocenters. The molecule has 0 fully saturated rings. The summed E-state index contributed by atoms with van der Waals surface area (Å²) in [4.78, 5) is 10.5. The zero-order valence-electron chi connectivity index (χ0n) is 13.4. The molecule has 2 aromatic carbocycles. The van der Waals surface area contributed by atoms with Crippen molar-refractivity contribution in [3.63, 3.8) is 0 Å². The first-order chi connectivity index (χ1) is 10.7. The van der Waals surface area contributed by atoms with Gasteiger partial charge in [-0.1, -0.05) is 45.0 Å². The van der Waals surface area contributed by atoms with Crippen LogP contribution in [0.5, 0.6) is 0 Å². The number of carbonyl (C=O) groups excluding carboxylic acids is 1. The van der Waals surface area contributed by atoms with E-state index in [1.54, 1.807) is 6.07 Å². The maximum absolute atomic E-state index is 13.5. The lowest BCUT2D eigenvalue weighted by molar-refractivity contribution is 0.111. The normalized spacial score (nSPS) is 9.05. The van der Waals surface area contributed by atoms with Gasteiger partial charge < -0.3 is 5.11 Å². The minimum Gasteiger partial charge on any atom is -0.400 e. The van der Waals surface area contributed by atoms with Crippen LogP contribution in [0.1, 0.15) is 36.7 Å². The molecule has 2 nitrogen and oxygen atoms in total. The van der Waals surface area contributed by atoms with Gasteiger partial charge >= 0.3 is 0 Å². The molecule has 4 heteroatoms. The number of carbonyl (C=O) groups is 1. The van der Waals surface area contributed by atoms with Gasteiger partial charge in [-0.25, -0.2) is 8.78 Å². The molecule has 0 saturated heterocycles. The summed E-state index contributed by atoms with van der Waals surface area (Å²) in [5, 5.41) is 7.00. The number of aryl methyl sites for hydroxylation is 1. The summed E-state index contributed by atoms with van der Waals surface area (Å²) in [6.45, 7) is 6.01. The number of rotatable bonds is 3. The molecular weight excluding hydrogens is 286 g/mol. The quantitative estimate of drug-likeness (QED) is 0.839. The standard InChI is InChI=1S/C15H12F2O.C2H6.CH4O/c1-2-10-4-3-5-11(6-10)12-7-14(16)13(9-18)15(17)8-12;2*1-2/h3-9H,2H2,1H3;1-2H3;2H,1H3. The van der Waals surface area contributed by atoms with Crippen LogP contribution in [0.15, 0.2) is 36.4 Å². The van der Waals surface area contributed by atoms with Gasteiger partial charge in [-0.05, 0) is 35.2 Å². The van der Waals surface area contributed by atoms with Crippen LogP contribution >= 0.6 is 0 Å². The molecule has 0 aliphatic carbocycles. The predicted molar refractivity (Wildman–Crippen MR) is 86.1 cm³/mol. The first kappa shape index (κ1) is 19.9. The van der Waals surface area contributed by atoms with E-state index in [0.717, 1.165) is 24.7 Å². The highest BCUT2D eigenvalue weighted by Crippen LogP contribution is 2.24. The molecule has 0 amide bonds. The molecule has 0 spiro atoms. The molecule has 0 aromatic heterocycles. The Morgan fingerprint density at radius 2 is 1.55 bits per heavy atom. The van der Waals surface area contributed by atoms with Crippen LogP contribution in [0.25, 0.3) is 11.1 Å². The van der Waals surface area contributed by atoms with Crippen molar-refractivity contribution < 1.29 is 18.7 Å². The van der Waals surface area contributed by atoms with E-state index in [1.165, 1.54) is 12.1 Å². The molecule has 0 radical (unpaired) electrons. The van der Waals surface area contributed by atoms with Crippen molar-refractivity contribution in [1.29, 1.82) is 0 Å². The smallest absolute Gasteiger partial charge is 0.155 e. The Balaban J connectivity index is 0.00000102. The highest BCUT2D eigenvalue weighted by atomic mass is 19.1. The van der Waals surface area contributed by atoms with E-state index in [0.29, 0.717) is 5.56 Å². The van der Waals surface area contributed by atoms with E-state index in [4.69, 9.17) is 5.11 Å². The largest absolute Gasteiger partial charge is 0.400 e. The molecule has 2 aromatic rings. The zero-order valence-corrected chi connectivity index (χ0v) is 13.4. The van der Waals surface area contributed by atoms with Crippen molar-refractivity contribution in [2.24, 2.45) is 0 Å². The maximum atomic E-state index is 13.5. The van der Waals surface area contributed by atoms with E-state index in [2.05, 4.69) is 0 Å². The summed E-state index contributed by atoms with van der Waals surface area (Å²) < 4.78 is 27.0. The number of aldehydes is 1. The average molecular weight is 308 g/mol. The Morgan fingerprint density at radius 3 is 2.00 bits per heavy atom. The molecule has 0 bridgehead atoms. The first-order valence-corrected chi connectivity index (χ1v) is 7.14. The molecular formula is C18H22F2O2. The third-order valence-corrected chi connectivity index (χ3v) is 2.87. The lowest BCUT2D eigenvalue weighted by Gasteiger charge is -2.06. The van der Waals surface area contributed by atoms with Crippen LogP contribution in [-0.4, -0.2) is 18.5 Å². The molecule has 2 rings (SSSR count). The fourth-order valence-electron chi connectivity index (χ4n) is 1.83. The highest BCUT2D eigenvalue weighted by Gasteiger charge is 2.11. The summed E-state index contributed by atoms with van der Waals surface area (Å²) in [6, 6.07) is 9.83. The van der Waals surface area contributed by atoms with Crippen molar-refractivity contribution in [3.8, 4) is 11.1 Å². The van der Waals surface area contributed by atoms with Gasteiger partial charge in [0.15, 0.2) is 6.29 Å². The van der Waals surface area contributed by atoms with Crippen molar-refractivity contribution in [1.82, 2.24) is 0 Å². The molecule has 0 aliphatic rings. The molecule has 120 valence electrons. The number of halogens is 2. The second-order valence-corrected chi connectivity index (χ2v) is 4.03. The Bertz CT molecular complexity index is 572. The van der Waals surface area contributed by atoms with Gasteiger partial charge in [0.25, 0.3) is 0 Å². The summed E-state index contributed by atoms with van der Waals surface area (Å²) >= 11 is 0. The van der Waals surface area contributed by atoms with E-state index in [-0.39, 0.29) is 6.29 Å². The highest BCUT2D eigenvalue weighted by molar-refractivity contribution is 5.78. The first-order valence-electron chi connectivity index (χ1n) is 7.14. The lowest BCUT2D eigenvalue weighted by atomic mass is 10.0. The van der Waals surface area contributed by atoms with Gasteiger partial charge in [-0.3, -0.25) is 4.79 Å². The minimum atomic E-state index is -0.832. The van der Waals surface area contributed by atoms with Gasteiger partial charge in [0.05, 0.1) is 5.56 Å². The Hall–Kier alpha value is -2.07. The van der Waals surface area contributed by atoms with Crippen LogP contribution in [0.4, 0.5) is 8.78 Å². The van der Waals surface area contributed by atoms with E-state index < -0.39 is 17.2 Å². The zero-order chi connectivity index (χ0) is 17.1. The molecule has 0 saturated carbocycles. The van der Waals surface area contributed by atoms with Crippen molar-refractivity contribution >= 4 is 6.29 Å². The number of hydrogen-bond donors (Lipinski definition) is 1. The van der Waals surface area contributed by atoms with Gasteiger partial charge in [-0.15, -0.1) is 0 Å². The Labute approximate surface area is 130 Å². The van der Waals surface area contributed by atoms with E-state index in [1.807, 2.05) is 39.0 Å². The Kier molecular flexibility index (Phi) is 9.63. The minimum absolute atomic E-state index is 0.191. The third-order valence-electron chi connectivity index (χ3n) is 2.87. The fourth-order valence-corrected chi connectivity index (χ4v) is 1.83. The van der Waals surface area contributed by atoms with E-state index >= 15 is 0 Å². The predicted octanol–water partition coefficient (Wildman–Crippen LogP) is 4.64. The molecule has 0 unspecified atom stereocenters. The van der Waals surface area contributed by atoms with Gasteiger partial charge in [0, 0.05) is 7.11 Å². The van der Waals surface area contributed by atoms with Crippen molar-refractivity contribution in [3.05, 3.63) is 59.2 Å². The van der Waals surface area contributed by atoms with Crippen LogP contribution < -0.4 is 0 Å². The number of aliphatic hydroxyl groups excluding tert-OH is 1. The van der Waals surface area contributed by atoms with Crippen LogP contribution in [0.2, 0.25) is 0 Å². The summed E-state index contributed by atoms with van der Waals surface area (Å²) in [5.41, 5.74) is 1.74. The van der Waals surface area contributed by atoms with Gasteiger partial charge in [0.2, 0.25) is 0 Å². The molecule has 0 heterocycles. The lowest BCUT2D eigenvalue weighted by Crippen LogP contribution is -1.95. The summed E-state index contributed by atoms with van der Waals surface area (Å²) in [6.07, 6.45) is 1.04. The van der Waals surface area contributed by atoms with E-state index in [9.17, 15) is 13.6 Å². The number of hydrogen-bond acceptors (Lipinski definition) is 2. The van der Waals surface area contributed by atoms with Crippen molar-refractivity contribution in [2.75, 3.05) is 7.11 Å². The van der Waals surface area contributed by atoms with Crippen LogP contribution in [0, 0.1) is 11.6 Å². The monoisotopic (exact) mass is 308 g/mol. The summed E-state index contributed by atoms with van der Waals surface area (Å²) in [7, 11) is 1.00. The van der Waals surface area contributed by atoms with Gasteiger partial charge in [-0.2, -0.15) is 0 Å². The maximum Gasteiger partial charge on any atom is 0.155 e. The van der Waals surface area contributed by atoms with Crippen LogP contribution in [-0.2, 0) is 6.42 Å². The number of aliphatic hydroxyl groups is 1.